The van der Waals surface area contributed by atoms with Crippen LogP contribution in [0.15, 0.2) is 53.4 Å². The van der Waals surface area contributed by atoms with Gasteiger partial charge >= 0.3 is 0 Å². The fourth-order valence-corrected chi connectivity index (χ4v) is 4.06. The number of carbonyl (C=O) groups excluding carboxylic acids is 1. The van der Waals surface area contributed by atoms with Gasteiger partial charge in [-0.3, -0.25) is 9.10 Å². The summed E-state index contributed by atoms with van der Waals surface area (Å²) >= 11 is 1.51. The molecule has 0 fully saturated rings. The highest BCUT2D eigenvalue weighted by molar-refractivity contribution is 7.98. The van der Waals surface area contributed by atoms with Gasteiger partial charge in [-0.15, -0.1) is 11.8 Å². The number of nitrogens with zero attached hydrogens (tertiary/aromatic N) is 1. The Kier molecular flexibility index (Phi) is 8.20. The second-order valence-electron chi connectivity index (χ2n) is 7.94. The number of hydrogen-bond acceptors (Lipinski definition) is 5. The number of sulfonamides is 1. The summed E-state index contributed by atoms with van der Waals surface area (Å²) in [6, 6.07) is 15.0. The van der Waals surface area contributed by atoms with Crippen molar-refractivity contribution in [3.05, 3.63) is 54.1 Å². The molecule has 0 saturated heterocycles. The fourth-order valence-electron chi connectivity index (χ4n) is 2.76. The van der Waals surface area contributed by atoms with E-state index in [0.29, 0.717) is 12.3 Å². The number of hydrogen-bond donors (Lipinski definition) is 1. The molecule has 0 aliphatic heterocycles. The largest absolute Gasteiger partial charge is 0.492 e. The summed E-state index contributed by atoms with van der Waals surface area (Å²) in [5.74, 6) is 0.338. The van der Waals surface area contributed by atoms with Crippen LogP contribution >= 0.6 is 11.8 Å². The molecule has 8 heteroatoms. The van der Waals surface area contributed by atoms with Crippen molar-refractivity contribution in [3.8, 4) is 5.75 Å². The average molecular weight is 451 g/mol. The van der Waals surface area contributed by atoms with Crippen LogP contribution < -0.4 is 14.4 Å². The van der Waals surface area contributed by atoms with Crippen molar-refractivity contribution in [2.45, 2.75) is 31.1 Å². The lowest BCUT2D eigenvalue weighted by Crippen LogP contribution is -2.41. The maximum absolute atomic E-state index is 12.3. The van der Waals surface area contributed by atoms with Crippen molar-refractivity contribution >= 4 is 33.4 Å². The van der Waals surface area contributed by atoms with Gasteiger partial charge in [-0.1, -0.05) is 39.0 Å². The van der Waals surface area contributed by atoms with Crippen LogP contribution in [0.3, 0.4) is 0 Å². The molecule has 1 amide bonds. The van der Waals surface area contributed by atoms with Crippen molar-refractivity contribution < 1.29 is 17.9 Å². The molecule has 0 bridgehead atoms. The quantitative estimate of drug-likeness (QED) is 0.466. The van der Waals surface area contributed by atoms with E-state index >= 15 is 0 Å². The van der Waals surface area contributed by atoms with E-state index in [2.05, 4.69) is 26.1 Å². The zero-order valence-corrected chi connectivity index (χ0v) is 19.8. The van der Waals surface area contributed by atoms with E-state index in [0.717, 1.165) is 21.2 Å². The zero-order chi connectivity index (χ0) is 22.4. The van der Waals surface area contributed by atoms with Crippen LogP contribution in [0.5, 0.6) is 5.75 Å². The molecule has 164 valence electrons. The van der Waals surface area contributed by atoms with Crippen molar-refractivity contribution in [3.63, 3.8) is 0 Å². The third kappa shape index (κ3) is 7.25. The lowest BCUT2D eigenvalue weighted by Gasteiger charge is -2.22. The number of rotatable bonds is 9. The first kappa shape index (κ1) is 24.1. The molecule has 6 nitrogen and oxygen atoms in total. The molecule has 1 N–H and O–H groups in total. The van der Waals surface area contributed by atoms with Gasteiger partial charge in [-0.2, -0.15) is 0 Å². The minimum absolute atomic E-state index is 0.0767. The Bertz CT molecular complexity index is 952. The van der Waals surface area contributed by atoms with Gasteiger partial charge in [0, 0.05) is 4.90 Å². The molecule has 30 heavy (non-hydrogen) atoms. The summed E-state index contributed by atoms with van der Waals surface area (Å²) in [6.07, 6.45) is 3.00. The fraction of sp³-hybridized carbons (Fsp3) is 0.409. The Morgan fingerprint density at radius 3 is 2.37 bits per heavy atom. The standard InChI is InChI=1S/C22H30N2O4S2/c1-22(2,3)17-9-11-19(12-10-17)28-14-13-23-21(25)16-24(30(5,26)27)18-7-6-8-20(15-18)29-4/h6-12,15H,13-14,16H2,1-5H3,(H,23,25). The van der Waals surface area contributed by atoms with Crippen molar-refractivity contribution in [2.24, 2.45) is 0 Å². The summed E-state index contributed by atoms with van der Waals surface area (Å²) < 4.78 is 31.2. The summed E-state index contributed by atoms with van der Waals surface area (Å²) in [5.41, 5.74) is 1.76. The van der Waals surface area contributed by atoms with E-state index in [1.54, 1.807) is 18.2 Å². The third-order valence-electron chi connectivity index (χ3n) is 4.44. The van der Waals surface area contributed by atoms with E-state index in [-0.39, 0.29) is 24.4 Å². The number of nitrogens with one attached hydrogen (secondary N) is 1. The molecule has 0 aliphatic rings. The lowest BCUT2D eigenvalue weighted by molar-refractivity contribution is -0.119. The lowest BCUT2D eigenvalue weighted by atomic mass is 9.87. The maximum atomic E-state index is 12.3. The Morgan fingerprint density at radius 1 is 1.13 bits per heavy atom. The summed E-state index contributed by atoms with van der Waals surface area (Å²) in [7, 11) is -3.60. The van der Waals surface area contributed by atoms with Gasteiger partial charge in [-0.25, -0.2) is 8.42 Å². The van der Waals surface area contributed by atoms with Crippen LogP contribution in [0, 0.1) is 0 Å². The SMILES string of the molecule is CSc1cccc(N(CC(=O)NCCOc2ccc(C(C)(C)C)cc2)S(C)(=O)=O)c1. The Labute approximate surface area is 184 Å². The van der Waals surface area contributed by atoms with Gasteiger partial charge < -0.3 is 10.1 Å². The van der Waals surface area contributed by atoms with E-state index < -0.39 is 10.0 Å². The van der Waals surface area contributed by atoms with Crippen LogP contribution in [0.25, 0.3) is 0 Å². The minimum atomic E-state index is -3.60. The zero-order valence-electron chi connectivity index (χ0n) is 18.1. The number of amides is 1. The Balaban J connectivity index is 1.89. The highest BCUT2D eigenvalue weighted by Gasteiger charge is 2.21. The van der Waals surface area contributed by atoms with E-state index in [4.69, 9.17) is 4.74 Å². The third-order valence-corrected chi connectivity index (χ3v) is 6.31. The second-order valence-corrected chi connectivity index (χ2v) is 10.7. The number of ether oxygens (including phenoxy) is 1. The Morgan fingerprint density at radius 2 is 1.80 bits per heavy atom. The van der Waals surface area contributed by atoms with Crippen molar-refractivity contribution in [2.75, 3.05) is 36.5 Å². The first-order chi connectivity index (χ1) is 14.0. The molecular formula is C22H30N2O4S2. The van der Waals surface area contributed by atoms with Gasteiger partial charge in [-0.05, 0) is 47.6 Å². The average Bonchev–Trinajstić information content (AvgIpc) is 2.68. The number of carbonyl (C=O) groups is 1. The van der Waals surface area contributed by atoms with Crippen LogP contribution in [0.1, 0.15) is 26.3 Å². The smallest absolute Gasteiger partial charge is 0.240 e. The van der Waals surface area contributed by atoms with Crippen LogP contribution in [0.4, 0.5) is 5.69 Å². The Hall–Kier alpha value is -2.19. The van der Waals surface area contributed by atoms with Crippen LogP contribution in [-0.2, 0) is 20.2 Å². The molecule has 0 atom stereocenters. The molecule has 2 rings (SSSR count). The molecule has 0 saturated carbocycles. The minimum Gasteiger partial charge on any atom is -0.492 e. The van der Waals surface area contributed by atoms with Crippen molar-refractivity contribution in [1.29, 1.82) is 0 Å². The first-order valence-corrected chi connectivity index (χ1v) is 12.7. The normalized spacial score (nSPS) is 11.8. The van der Waals surface area contributed by atoms with Gasteiger partial charge in [0.05, 0.1) is 18.5 Å². The molecule has 0 heterocycles. The molecule has 2 aromatic carbocycles. The van der Waals surface area contributed by atoms with Crippen molar-refractivity contribution in [1.82, 2.24) is 5.32 Å². The number of thioether (sulfide) groups is 1. The number of benzene rings is 2. The topological polar surface area (TPSA) is 75.7 Å². The van der Waals surface area contributed by atoms with E-state index in [1.807, 2.05) is 36.6 Å². The van der Waals surface area contributed by atoms with E-state index in [1.165, 1.54) is 17.3 Å². The predicted molar refractivity (Wildman–Crippen MR) is 124 cm³/mol. The predicted octanol–water partition coefficient (Wildman–Crippen LogP) is 3.67. The van der Waals surface area contributed by atoms with E-state index in [9.17, 15) is 13.2 Å². The monoisotopic (exact) mass is 450 g/mol. The summed E-state index contributed by atoms with van der Waals surface area (Å²) in [5, 5.41) is 2.71. The molecule has 0 radical (unpaired) electrons. The van der Waals surface area contributed by atoms with Gasteiger partial charge in [0.1, 0.15) is 18.9 Å². The highest BCUT2D eigenvalue weighted by atomic mass is 32.2. The molecule has 2 aromatic rings. The van der Waals surface area contributed by atoms with Gasteiger partial charge in [0.15, 0.2) is 0 Å². The summed E-state index contributed by atoms with van der Waals surface area (Å²) in [4.78, 5) is 13.2. The molecule has 0 aliphatic carbocycles. The molecule has 0 spiro atoms. The molecule has 0 unspecified atom stereocenters. The van der Waals surface area contributed by atoms with Crippen LogP contribution in [-0.4, -0.2) is 46.5 Å². The van der Waals surface area contributed by atoms with Crippen LogP contribution in [0.2, 0.25) is 0 Å². The van der Waals surface area contributed by atoms with Gasteiger partial charge in [0.2, 0.25) is 15.9 Å². The molecular weight excluding hydrogens is 420 g/mol. The number of anilines is 1. The summed E-state index contributed by atoms with van der Waals surface area (Å²) in [6.45, 7) is 6.74. The molecule has 0 aromatic heterocycles. The maximum Gasteiger partial charge on any atom is 0.240 e. The second kappa shape index (κ2) is 10.2. The van der Waals surface area contributed by atoms with Gasteiger partial charge in [0.25, 0.3) is 0 Å². The highest BCUT2D eigenvalue weighted by Crippen LogP contribution is 2.25. The first-order valence-electron chi connectivity index (χ1n) is 9.62.